The van der Waals surface area contributed by atoms with Gasteiger partial charge in [-0.25, -0.2) is 23.4 Å². The van der Waals surface area contributed by atoms with Gasteiger partial charge in [-0.1, -0.05) is 24.3 Å². The van der Waals surface area contributed by atoms with Crippen molar-refractivity contribution in [3.63, 3.8) is 0 Å². The number of rotatable bonds is 7. The van der Waals surface area contributed by atoms with Gasteiger partial charge < -0.3 is 9.75 Å². The van der Waals surface area contributed by atoms with Crippen LogP contribution < -0.4 is 15.3 Å². The lowest BCUT2D eigenvalue weighted by molar-refractivity contribution is -0.129. The molecule has 12 heteroatoms. The van der Waals surface area contributed by atoms with Crippen LogP contribution in [0.1, 0.15) is 37.2 Å². The number of hydrogen-bond donors (Lipinski definition) is 1. The fourth-order valence-corrected chi connectivity index (χ4v) is 4.33. The Balaban J connectivity index is 0.00000115. The van der Waals surface area contributed by atoms with E-state index in [0.29, 0.717) is 17.8 Å². The van der Waals surface area contributed by atoms with E-state index in [1.807, 2.05) is 30.3 Å². The van der Waals surface area contributed by atoms with Crippen molar-refractivity contribution in [3.05, 3.63) is 59.9 Å². The van der Waals surface area contributed by atoms with Crippen LogP contribution in [0.25, 0.3) is 0 Å². The van der Waals surface area contributed by atoms with Crippen LogP contribution in [0.5, 0.6) is 0 Å². The molecule has 0 aromatic heterocycles. The number of carbonyl (C=O) groups is 2. The second kappa shape index (κ2) is 13.2. The Labute approximate surface area is 210 Å². The molecule has 2 saturated heterocycles. The van der Waals surface area contributed by atoms with Crippen molar-refractivity contribution < 1.29 is 35.9 Å². The topological polar surface area (TPSA) is 96.0 Å². The van der Waals surface area contributed by atoms with Gasteiger partial charge in [0.15, 0.2) is 5.78 Å². The van der Waals surface area contributed by atoms with Crippen LogP contribution in [-0.4, -0.2) is 52.5 Å². The maximum Gasteiger partial charge on any atom is 0.414 e. The fourth-order valence-electron chi connectivity index (χ4n) is 4.33. The van der Waals surface area contributed by atoms with Crippen LogP contribution in [0, 0.1) is 5.82 Å². The van der Waals surface area contributed by atoms with E-state index in [-0.39, 0.29) is 25.3 Å². The van der Waals surface area contributed by atoms with Gasteiger partial charge in [0, 0.05) is 19.5 Å². The van der Waals surface area contributed by atoms with Crippen LogP contribution in [-0.2, 0) is 21.1 Å². The molecule has 1 unspecified atom stereocenters. The summed E-state index contributed by atoms with van der Waals surface area (Å²) in [4.78, 5) is 24.6. The number of Topliss-reactive ketones (excluding diaryl/α,β-unsaturated/α-hetero) is 1. The Kier molecular flexibility index (Phi) is 10.00. The number of anilines is 2. The zero-order valence-electron chi connectivity index (χ0n) is 19.3. The third-order valence-electron chi connectivity index (χ3n) is 6.13. The van der Waals surface area contributed by atoms with Gasteiger partial charge in [0.05, 0.1) is 17.9 Å². The summed E-state index contributed by atoms with van der Waals surface area (Å²) in [7, 11) is 0. The van der Waals surface area contributed by atoms with Crippen molar-refractivity contribution in [1.82, 2.24) is 5.43 Å². The van der Waals surface area contributed by atoms with Gasteiger partial charge in [-0.3, -0.25) is 9.69 Å². The van der Waals surface area contributed by atoms with Gasteiger partial charge >= 0.3 is 17.7 Å². The largest absolute Gasteiger partial charge is 0.444 e. The highest BCUT2D eigenvalue weighted by Gasteiger charge is 2.33. The number of amides is 1. The molecular weight excluding hydrogens is 499 g/mol. The van der Waals surface area contributed by atoms with E-state index in [1.54, 1.807) is 12.1 Å². The maximum atomic E-state index is 15.1. The Morgan fingerprint density at radius 3 is 2.50 bits per heavy atom. The molecule has 36 heavy (non-hydrogen) atoms. The molecule has 0 bridgehead atoms. The van der Waals surface area contributed by atoms with Crippen molar-refractivity contribution in [2.24, 2.45) is 0 Å². The zero-order chi connectivity index (χ0) is 26.1. The van der Waals surface area contributed by atoms with E-state index in [0.717, 1.165) is 25.1 Å². The first-order valence-corrected chi connectivity index (χ1v) is 12.1. The SMILES string of the molecule is O=C(CC[C@H]1CN(c2ccc(C3CCNN(c4ccccc4)CC3)c(F)c2)C(=O)O1)C(F)F.O=S=O. The van der Waals surface area contributed by atoms with E-state index in [9.17, 15) is 18.4 Å². The number of nitrogens with one attached hydrogen (secondary N) is 1. The molecule has 1 amide bonds. The molecule has 4 rings (SSSR count). The maximum absolute atomic E-state index is 15.1. The second-order valence-corrected chi connectivity index (χ2v) is 8.50. The predicted molar refractivity (Wildman–Crippen MR) is 127 cm³/mol. The molecule has 2 heterocycles. The first kappa shape index (κ1) is 27.3. The third kappa shape index (κ3) is 7.14. The highest BCUT2D eigenvalue weighted by molar-refractivity contribution is 7.51. The van der Waals surface area contributed by atoms with Crippen molar-refractivity contribution in [2.45, 2.75) is 44.1 Å². The summed E-state index contributed by atoms with van der Waals surface area (Å²) in [5.41, 5.74) is 5.39. The number of alkyl halides is 2. The number of hydrogen-bond acceptors (Lipinski definition) is 7. The first-order chi connectivity index (χ1) is 17.3. The van der Waals surface area contributed by atoms with E-state index >= 15 is 4.39 Å². The highest BCUT2D eigenvalue weighted by atomic mass is 32.1. The number of benzene rings is 2. The number of halogens is 3. The summed E-state index contributed by atoms with van der Waals surface area (Å²) in [5, 5.41) is 2.07. The van der Waals surface area contributed by atoms with Crippen LogP contribution in [0.3, 0.4) is 0 Å². The normalized spacial score (nSPS) is 19.8. The lowest BCUT2D eigenvalue weighted by Gasteiger charge is -2.23. The smallest absolute Gasteiger partial charge is 0.414 e. The van der Waals surface area contributed by atoms with Gasteiger partial charge in [-0.15, -0.1) is 0 Å². The summed E-state index contributed by atoms with van der Waals surface area (Å²) >= 11 is -0.750. The summed E-state index contributed by atoms with van der Waals surface area (Å²) in [6.07, 6.45) is -3.20. The molecular formula is C24H26F3N3O5S. The number of carbonyl (C=O) groups excluding carboxylic acids is 2. The monoisotopic (exact) mass is 525 g/mol. The molecule has 0 aliphatic carbocycles. The Morgan fingerprint density at radius 1 is 1.11 bits per heavy atom. The summed E-state index contributed by atoms with van der Waals surface area (Å²) in [5.74, 6) is -1.54. The summed E-state index contributed by atoms with van der Waals surface area (Å²) in [6.45, 7) is 1.53. The third-order valence-corrected chi connectivity index (χ3v) is 6.13. The van der Waals surface area contributed by atoms with E-state index in [4.69, 9.17) is 13.2 Å². The molecule has 2 aliphatic rings. The van der Waals surface area contributed by atoms with Crippen LogP contribution in [0.4, 0.5) is 29.3 Å². The fraction of sp³-hybridized carbons (Fsp3) is 0.417. The number of cyclic esters (lactones) is 1. The van der Waals surface area contributed by atoms with Gasteiger partial charge in [-0.05, 0) is 55.0 Å². The minimum Gasteiger partial charge on any atom is -0.444 e. The lowest BCUT2D eigenvalue weighted by Crippen LogP contribution is -2.37. The van der Waals surface area contributed by atoms with Gasteiger partial charge in [0.2, 0.25) is 0 Å². The van der Waals surface area contributed by atoms with Gasteiger partial charge in [0.1, 0.15) is 11.9 Å². The van der Waals surface area contributed by atoms with Crippen LogP contribution >= 0.6 is 0 Å². The average molecular weight is 526 g/mol. The molecule has 2 fully saturated rings. The Hall–Kier alpha value is -3.25. The summed E-state index contributed by atoms with van der Waals surface area (Å²) in [6, 6.07) is 14.7. The van der Waals surface area contributed by atoms with E-state index < -0.39 is 41.8 Å². The zero-order valence-corrected chi connectivity index (χ0v) is 20.1. The molecule has 2 aromatic rings. The molecule has 2 aliphatic heterocycles. The molecule has 0 spiro atoms. The van der Waals surface area contributed by atoms with Crippen LogP contribution in [0.15, 0.2) is 48.5 Å². The molecule has 2 aromatic carbocycles. The van der Waals surface area contributed by atoms with E-state index in [2.05, 4.69) is 10.4 Å². The quantitative estimate of drug-likeness (QED) is 0.584. The molecule has 194 valence electrons. The first-order valence-electron chi connectivity index (χ1n) is 11.4. The Morgan fingerprint density at radius 2 is 1.83 bits per heavy atom. The number of para-hydroxylation sites is 1. The molecule has 0 radical (unpaired) electrons. The second-order valence-electron chi connectivity index (χ2n) is 8.37. The van der Waals surface area contributed by atoms with Crippen molar-refractivity contribution in [3.8, 4) is 0 Å². The minimum atomic E-state index is -3.03. The highest BCUT2D eigenvalue weighted by Crippen LogP contribution is 2.32. The molecule has 8 nitrogen and oxygen atoms in total. The number of hydrazine groups is 1. The summed E-state index contributed by atoms with van der Waals surface area (Å²) < 4.78 is 61.6. The average Bonchev–Trinajstić information content (AvgIpc) is 3.07. The molecule has 0 saturated carbocycles. The number of nitrogens with zero attached hydrogens (tertiary/aromatic N) is 2. The predicted octanol–water partition coefficient (Wildman–Crippen LogP) is 3.98. The number of ether oxygens (including phenoxy) is 1. The van der Waals surface area contributed by atoms with Gasteiger partial charge in [0.25, 0.3) is 6.43 Å². The lowest BCUT2D eigenvalue weighted by atomic mass is 9.92. The van der Waals surface area contributed by atoms with E-state index in [1.165, 1.54) is 11.0 Å². The molecule has 1 N–H and O–H groups in total. The number of ketones is 1. The van der Waals surface area contributed by atoms with Crippen LogP contribution in [0.2, 0.25) is 0 Å². The van der Waals surface area contributed by atoms with Gasteiger partial charge in [-0.2, -0.15) is 8.42 Å². The Bertz CT molecular complexity index is 1090. The van der Waals surface area contributed by atoms with Crippen molar-refractivity contribution >= 4 is 34.8 Å². The standard InChI is InChI=1S/C24H26F3N3O3.O2S/c25-21-14-18(29-15-19(33-24(29)32)7-9-22(31)23(26)27)6-8-20(21)16-10-12-28-30(13-11-16)17-4-2-1-3-5-17;1-3-2/h1-6,8,14,16,19,23,28H,7,9-13,15H2;/t16?,19-;/m0./s1. The molecule has 2 atom stereocenters. The minimum absolute atomic E-state index is 0.0129. The van der Waals surface area contributed by atoms with Crippen molar-refractivity contribution in [2.75, 3.05) is 29.5 Å². The van der Waals surface area contributed by atoms with Crippen molar-refractivity contribution in [1.29, 1.82) is 0 Å².